The lowest BCUT2D eigenvalue weighted by Gasteiger charge is -2.10. The van der Waals surface area contributed by atoms with Crippen LogP contribution in [0.4, 0.5) is 5.69 Å². The van der Waals surface area contributed by atoms with Crippen molar-refractivity contribution in [3.8, 4) is 17.0 Å². The van der Waals surface area contributed by atoms with Crippen molar-refractivity contribution in [1.29, 1.82) is 0 Å². The van der Waals surface area contributed by atoms with Gasteiger partial charge in [0.2, 0.25) is 0 Å². The number of carbonyl (C=O) groups is 1. The number of anilines is 1. The molecule has 0 aliphatic carbocycles. The third-order valence-electron chi connectivity index (χ3n) is 3.74. The molecule has 2 aromatic heterocycles. The van der Waals surface area contributed by atoms with Crippen molar-refractivity contribution in [3.63, 3.8) is 0 Å². The molecule has 0 aliphatic heterocycles. The van der Waals surface area contributed by atoms with E-state index in [0.717, 1.165) is 11.3 Å². The van der Waals surface area contributed by atoms with E-state index in [4.69, 9.17) is 4.42 Å². The van der Waals surface area contributed by atoms with Gasteiger partial charge in [-0.25, -0.2) is 9.67 Å². The van der Waals surface area contributed by atoms with Crippen molar-refractivity contribution in [2.75, 3.05) is 5.32 Å². The molecule has 1 amide bonds. The summed E-state index contributed by atoms with van der Waals surface area (Å²) < 4.78 is 6.96. The van der Waals surface area contributed by atoms with Gasteiger partial charge in [0, 0.05) is 23.6 Å². The summed E-state index contributed by atoms with van der Waals surface area (Å²) in [6.45, 7) is 0. The Morgan fingerprint density at radius 3 is 2.80 bits per heavy atom. The molecule has 4 rings (SSSR count). The zero-order valence-electron chi connectivity index (χ0n) is 13.2. The molecule has 0 atom stereocenters. The molecule has 0 saturated heterocycles. The van der Waals surface area contributed by atoms with Crippen molar-refractivity contribution in [2.24, 2.45) is 0 Å². The number of nitrogens with one attached hydrogen (secondary N) is 1. The van der Waals surface area contributed by atoms with Crippen LogP contribution >= 0.6 is 0 Å². The van der Waals surface area contributed by atoms with E-state index in [1.165, 1.54) is 6.39 Å². The molecule has 0 fully saturated rings. The van der Waals surface area contributed by atoms with Crippen LogP contribution in [0, 0.1) is 0 Å². The molecule has 6 nitrogen and oxygen atoms in total. The number of rotatable bonds is 4. The predicted octanol–water partition coefficient (Wildman–Crippen LogP) is 3.78. The first-order valence-corrected chi connectivity index (χ1v) is 7.70. The van der Waals surface area contributed by atoms with Gasteiger partial charge in [0.15, 0.2) is 12.2 Å². The number of nitrogens with zero attached hydrogens (tertiary/aromatic N) is 3. The fourth-order valence-corrected chi connectivity index (χ4v) is 2.58. The van der Waals surface area contributed by atoms with Crippen molar-refractivity contribution < 1.29 is 9.21 Å². The highest BCUT2D eigenvalue weighted by Gasteiger charge is 2.13. The molecule has 0 unspecified atom stereocenters. The standard InChI is InChI=1S/C19H14N4O2/c24-19(16-7-1-2-8-17(16)23-10-4-9-21-23)22-15-6-3-5-14(11-15)18-12-20-13-25-18/h1-13H,(H,22,24). The average molecular weight is 330 g/mol. The highest BCUT2D eigenvalue weighted by atomic mass is 16.3. The van der Waals surface area contributed by atoms with E-state index in [2.05, 4.69) is 15.4 Å². The molecule has 122 valence electrons. The monoisotopic (exact) mass is 330 g/mol. The number of aromatic nitrogens is 3. The molecule has 25 heavy (non-hydrogen) atoms. The summed E-state index contributed by atoms with van der Waals surface area (Å²) in [6, 6.07) is 16.6. The molecule has 4 aromatic rings. The Bertz CT molecular complexity index is 992. The van der Waals surface area contributed by atoms with Crippen LogP contribution < -0.4 is 5.32 Å². The van der Waals surface area contributed by atoms with Gasteiger partial charge < -0.3 is 9.73 Å². The van der Waals surface area contributed by atoms with E-state index in [0.29, 0.717) is 17.0 Å². The van der Waals surface area contributed by atoms with Gasteiger partial charge in [-0.2, -0.15) is 5.10 Å². The zero-order valence-corrected chi connectivity index (χ0v) is 13.2. The van der Waals surface area contributed by atoms with Crippen LogP contribution in [-0.2, 0) is 0 Å². The molecule has 1 N–H and O–H groups in total. The first kappa shape index (κ1) is 14.9. The largest absolute Gasteiger partial charge is 0.444 e. The summed E-state index contributed by atoms with van der Waals surface area (Å²) in [5.41, 5.74) is 2.78. The maximum Gasteiger partial charge on any atom is 0.257 e. The predicted molar refractivity (Wildman–Crippen MR) is 93.5 cm³/mol. The molecule has 2 aromatic carbocycles. The average Bonchev–Trinajstić information content (AvgIpc) is 3.36. The second kappa shape index (κ2) is 6.45. The number of benzene rings is 2. The summed E-state index contributed by atoms with van der Waals surface area (Å²) in [5.74, 6) is 0.439. The molecule has 0 bridgehead atoms. The number of oxazole rings is 1. The lowest BCUT2D eigenvalue weighted by atomic mass is 10.1. The second-order valence-corrected chi connectivity index (χ2v) is 5.37. The Hall–Kier alpha value is -3.67. The van der Waals surface area contributed by atoms with E-state index < -0.39 is 0 Å². The van der Waals surface area contributed by atoms with E-state index in [9.17, 15) is 4.79 Å². The lowest BCUT2D eigenvalue weighted by Crippen LogP contribution is -2.15. The van der Waals surface area contributed by atoms with Gasteiger partial charge in [-0.3, -0.25) is 4.79 Å². The van der Waals surface area contributed by atoms with E-state index in [1.807, 2.05) is 48.5 Å². The molecular weight excluding hydrogens is 316 g/mol. The van der Waals surface area contributed by atoms with Crippen molar-refractivity contribution in [1.82, 2.24) is 14.8 Å². The summed E-state index contributed by atoms with van der Waals surface area (Å²) in [6.07, 6.45) is 6.49. The van der Waals surface area contributed by atoms with Gasteiger partial charge in [-0.15, -0.1) is 0 Å². The van der Waals surface area contributed by atoms with Gasteiger partial charge in [0.05, 0.1) is 17.4 Å². The molecule has 0 spiro atoms. The van der Waals surface area contributed by atoms with E-state index in [-0.39, 0.29) is 5.91 Å². The first-order chi connectivity index (χ1) is 12.3. The normalized spacial score (nSPS) is 10.6. The van der Waals surface area contributed by atoms with Gasteiger partial charge in [-0.1, -0.05) is 24.3 Å². The van der Waals surface area contributed by atoms with Gasteiger partial charge in [0.1, 0.15) is 0 Å². The highest BCUT2D eigenvalue weighted by molar-refractivity contribution is 6.06. The van der Waals surface area contributed by atoms with Crippen molar-refractivity contribution in [2.45, 2.75) is 0 Å². The third kappa shape index (κ3) is 3.05. The lowest BCUT2D eigenvalue weighted by molar-refractivity contribution is 0.102. The Balaban J connectivity index is 1.63. The summed E-state index contributed by atoms with van der Waals surface area (Å²) >= 11 is 0. The van der Waals surface area contributed by atoms with Crippen LogP contribution in [0.3, 0.4) is 0 Å². The number of carbonyl (C=O) groups excluding carboxylic acids is 1. The fraction of sp³-hybridized carbons (Fsp3) is 0. The van der Waals surface area contributed by atoms with Crippen molar-refractivity contribution in [3.05, 3.63) is 85.1 Å². The Morgan fingerprint density at radius 2 is 2.00 bits per heavy atom. The van der Waals surface area contributed by atoms with E-state index in [1.54, 1.807) is 29.3 Å². The smallest absolute Gasteiger partial charge is 0.257 e. The fourth-order valence-electron chi connectivity index (χ4n) is 2.58. The number of para-hydroxylation sites is 1. The number of hydrogen-bond donors (Lipinski definition) is 1. The Kier molecular flexibility index (Phi) is 3.84. The number of amides is 1. The minimum absolute atomic E-state index is 0.208. The van der Waals surface area contributed by atoms with Gasteiger partial charge in [0.25, 0.3) is 5.91 Å². The Labute approximate surface area is 143 Å². The quantitative estimate of drug-likeness (QED) is 0.618. The topological polar surface area (TPSA) is 73.0 Å². The van der Waals surface area contributed by atoms with E-state index >= 15 is 0 Å². The molecule has 0 radical (unpaired) electrons. The maximum atomic E-state index is 12.7. The first-order valence-electron chi connectivity index (χ1n) is 7.70. The zero-order chi connectivity index (χ0) is 17.1. The van der Waals surface area contributed by atoms with Crippen LogP contribution in [0.5, 0.6) is 0 Å². The maximum absolute atomic E-state index is 12.7. The molecular formula is C19H14N4O2. The summed E-state index contributed by atoms with van der Waals surface area (Å²) in [5, 5.41) is 7.12. The number of hydrogen-bond acceptors (Lipinski definition) is 4. The van der Waals surface area contributed by atoms with Crippen LogP contribution in [-0.4, -0.2) is 20.7 Å². The SMILES string of the molecule is O=C(Nc1cccc(-c2cnco2)c1)c1ccccc1-n1cccn1. The van der Waals surface area contributed by atoms with Gasteiger partial charge in [-0.05, 0) is 30.3 Å². The molecule has 0 aliphatic rings. The summed E-state index contributed by atoms with van der Waals surface area (Å²) in [4.78, 5) is 16.7. The second-order valence-electron chi connectivity index (χ2n) is 5.37. The molecule has 0 saturated carbocycles. The minimum Gasteiger partial charge on any atom is -0.444 e. The molecule has 6 heteroatoms. The van der Waals surface area contributed by atoms with Crippen molar-refractivity contribution >= 4 is 11.6 Å². The van der Waals surface area contributed by atoms with Crippen LogP contribution in [0.15, 0.2) is 84.0 Å². The van der Waals surface area contributed by atoms with Crippen LogP contribution in [0.2, 0.25) is 0 Å². The highest BCUT2D eigenvalue weighted by Crippen LogP contribution is 2.23. The van der Waals surface area contributed by atoms with Crippen LogP contribution in [0.1, 0.15) is 10.4 Å². The van der Waals surface area contributed by atoms with Gasteiger partial charge >= 0.3 is 0 Å². The minimum atomic E-state index is -0.208. The summed E-state index contributed by atoms with van der Waals surface area (Å²) in [7, 11) is 0. The van der Waals surface area contributed by atoms with Crippen LogP contribution in [0.25, 0.3) is 17.0 Å². The molecule has 2 heterocycles. The third-order valence-corrected chi connectivity index (χ3v) is 3.74. The Morgan fingerprint density at radius 1 is 1.08 bits per heavy atom.